The van der Waals surface area contributed by atoms with Crippen molar-refractivity contribution >= 4 is 49.1 Å². The fraction of sp³-hybridized carbons (Fsp3) is 0.471. The normalized spacial score (nSPS) is 23.9. The van der Waals surface area contributed by atoms with Gasteiger partial charge in [-0.1, -0.05) is 6.07 Å². The van der Waals surface area contributed by atoms with Crippen molar-refractivity contribution in [1.82, 2.24) is 19.8 Å². The molecule has 0 radical (unpaired) electrons. The van der Waals surface area contributed by atoms with Crippen LogP contribution in [0.25, 0.3) is 32.1 Å². The van der Waals surface area contributed by atoms with E-state index in [9.17, 15) is 32.0 Å². The first-order chi connectivity index (χ1) is 23.6. The Balaban J connectivity index is 1.45. The summed E-state index contributed by atoms with van der Waals surface area (Å²) in [6.45, 7) is 4.57. The van der Waals surface area contributed by atoms with E-state index in [1.807, 2.05) is 17.9 Å². The van der Waals surface area contributed by atoms with E-state index in [-0.39, 0.29) is 75.0 Å². The lowest BCUT2D eigenvalue weighted by molar-refractivity contribution is -0.137. The summed E-state index contributed by atoms with van der Waals surface area (Å²) in [5, 5.41) is 9.19. The number of halogens is 6. The predicted octanol–water partition coefficient (Wildman–Crippen LogP) is 6.66. The van der Waals surface area contributed by atoms with Crippen LogP contribution in [0.4, 0.5) is 37.2 Å². The van der Waals surface area contributed by atoms with Gasteiger partial charge in [-0.05, 0) is 50.4 Å². The summed E-state index contributed by atoms with van der Waals surface area (Å²) in [5.74, 6) is -2.43. The molecule has 3 saturated heterocycles. The topological polar surface area (TPSA) is 112 Å². The smallest absolute Gasteiger partial charge is 0.417 e. The minimum atomic E-state index is -5.12. The van der Waals surface area contributed by atoms with Crippen LogP contribution < -0.4 is 15.4 Å². The quantitative estimate of drug-likeness (QED) is 0.221. The summed E-state index contributed by atoms with van der Waals surface area (Å²) < 4.78 is 97.4. The van der Waals surface area contributed by atoms with Crippen LogP contribution in [0.15, 0.2) is 18.2 Å². The number of alkyl halides is 4. The number of likely N-dealkylation sites (N-methyl/N-ethyl adjacent to an activating group) is 1. The first-order valence-electron chi connectivity index (χ1n) is 16.2. The van der Waals surface area contributed by atoms with Crippen LogP contribution in [0.5, 0.6) is 6.01 Å². The zero-order valence-corrected chi connectivity index (χ0v) is 28.2. The number of nitrogen functional groups attached to an aromatic ring is 1. The molecule has 3 fully saturated rings. The molecule has 4 atom stereocenters. The predicted molar refractivity (Wildman–Crippen MR) is 177 cm³/mol. The van der Waals surface area contributed by atoms with Gasteiger partial charge in [0.15, 0.2) is 5.82 Å². The maximum atomic E-state index is 17.1. The number of amides is 1. The highest BCUT2D eigenvalue weighted by atomic mass is 32.1. The molecule has 0 spiro atoms. The van der Waals surface area contributed by atoms with E-state index in [4.69, 9.17) is 10.5 Å². The van der Waals surface area contributed by atoms with E-state index in [1.165, 1.54) is 6.92 Å². The van der Waals surface area contributed by atoms with Crippen LogP contribution in [0, 0.1) is 23.0 Å². The fourth-order valence-electron chi connectivity index (χ4n) is 8.21. The number of hydrogen-bond acceptors (Lipinski definition) is 9. The summed E-state index contributed by atoms with van der Waals surface area (Å²) >= 11 is 0.678. The van der Waals surface area contributed by atoms with Crippen molar-refractivity contribution < 1.29 is 35.9 Å². The zero-order chi connectivity index (χ0) is 35.9. The summed E-state index contributed by atoms with van der Waals surface area (Å²) in [4.78, 5) is 26.4. The molecule has 0 aliphatic carbocycles. The van der Waals surface area contributed by atoms with E-state index in [0.29, 0.717) is 37.3 Å². The number of benzene rings is 2. The number of carbonyl (C=O) groups excluding carboxylic acids is 1. The van der Waals surface area contributed by atoms with Crippen molar-refractivity contribution in [2.24, 2.45) is 0 Å². The number of aromatic nitrogens is 2. The number of ether oxygens (including phenoxy) is 1. The van der Waals surface area contributed by atoms with Crippen molar-refractivity contribution in [3.63, 3.8) is 0 Å². The van der Waals surface area contributed by atoms with Gasteiger partial charge >= 0.3 is 12.2 Å². The summed E-state index contributed by atoms with van der Waals surface area (Å²) in [7, 11) is 1.61. The largest absolute Gasteiger partial charge is 0.461 e. The Hall–Kier alpha value is -4.36. The molecule has 2 aromatic heterocycles. The first kappa shape index (κ1) is 34.1. The minimum absolute atomic E-state index is 0.0204. The molecule has 0 bridgehead atoms. The Morgan fingerprint density at radius 1 is 1.26 bits per heavy atom. The highest BCUT2D eigenvalue weighted by Crippen LogP contribution is 2.48. The van der Waals surface area contributed by atoms with Gasteiger partial charge in [0.2, 0.25) is 5.91 Å². The number of likely N-dealkylation sites (tertiary alicyclic amines) is 1. The van der Waals surface area contributed by atoms with Crippen molar-refractivity contribution in [2.45, 2.75) is 69.5 Å². The first-order valence-corrected chi connectivity index (χ1v) is 17.0. The molecule has 9 nitrogen and oxygen atoms in total. The lowest BCUT2D eigenvalue weighted by Crippen LogP contribution is -2.44. The van der Waals surface area contributed by atoms with E-state index < -0.39 is 52.2 Å². The molecule has 1 amide bonds. The van der Waals surface area contributed by atoms with Crippen LogP contribution in [-0.2, 0) is 11.0 Å². The number of nitrogens with zero attached hydrogens (tertiary/aromatic N) is 6. The number of nitrogens with two attached hydrogens (primary N) is 1. The van der Waals surface area contributed by atoms with Gasteiger partial charge in [-0.2, -0.15) is 28.4 Å². The second-order valence-corrected chi connectivity index (χ2v) is 14.4. The second kappa shape index (κ2) is 12.2. The molecule has 3 aliphatic heterocycles. The Bertz CT molecular complexity index is 2080. The number of rotatable bonds is 6. The lowest BCUT2D eigenvalue weighted by atomic mass is 9.92. The van der Waals surface area contributed by atoms with Gasteiger partial charge in [0.25, 0.3) is 0 Å². The van der Waals surface area contributed by atoms with Crippen LogP contribution in [-0.4, -0.2) is 82.8 Å². The molecule has 2 aromatic carbocycles. The standard InChI is InChI=1S/C34H33F6N7O2S/c1-16-24(7-10-47(16)17(2)48)45(3)31-20-11-22(34(38,39)40)26(19-5-6-23(36)29-25(19)21(13-41)30(42)50-29)27(37)28(20)43-32(44-31)49-15-33-8-4-9-46(33)14-18(35)12-33/h5-6,11,16,18,24H,4,7-10,12,14-15,42H2,1-3H3/t16-,18-,24-,33+/m1/s1. The van der Waals surface area contributed by atoms with Crippen molar-refractivity contribution in [1.29, 1.82) is 5.26 Å². The molecule has 2 N–H and O–H groups in total. The monoisotopic (exact) mass is 717 g/mol. The molecule has 16 heteroatoms. The molecule has 5 heterocycles. The molecule has 50 heavy (non-hydrogen) atoms. The van der Waals surface area contributed by atoms with E-state index >= 15 is 4.39 Å². The molecular formula is C34H33F6N7O2S. The van der Waals surface area contributed by atoms with E-state index in [2.05, 4.69) is 9.97 Å². The number of nitriles is 1. The van der Waals surface area contributed by atoms with Crippen molar-refractivity contribution in [3.05, 3.63) is 41.0 Å². The van der Waals surface area contributed by atoms with Crippen LogP contribution in [0.1, 0.15) is 50.7 Å². The number of thiophene rings is 1. The highest BCUT2D eigenvalue weighted by molar-refractivity contribution is 7.23. The van der Waals surface area contributed by atoms with Crippen molar-refractivity contribution in [3.8, 4) is 23.2 Å². The molecular weight excluding hydrogens is 684 g/mol. The maximum absolute atomic E-state index is 17.1. The summed E-state index contributed by atoms with van der Waals surface area (Å²) in [6, 6.07) is 3.39. The van der Waals surface area contributed by atoms with E-state index in [1.54, 1.807) is 16.8 Å². The average molecular weight is 718 g/mol. The number of anilines is 2. The Morgan fingerprint density at radius 3 is 2.70 bits per heavy atom. The molecule has 264 valence electrons. The zero-order valence-electron chi connectivity index (χ0n) is 27.4. The van der Waals surface area contributed by atoms with Gasteiger partial charge in [0, 0.05) is 55.9 Å². The number of hydrogen-bond donors (Lipinski definition) is 1. The molecule has 0 unspecified atom stereocenters. The Labute approximate surface area is 287 Å². The van der Waals surface area contributed by atoms with Crippen molar-refractivity contribution in [2.75, 3.05) is 43.9 Å². The third-order valence-electron chi connectivity index (χ3n) is 10.6. The Kier molecular flexibility index (Phi) is 8.29. The SMILES string of the molecule is CC(=O)N1CC[C@@H](N(C)c2nc(OC[C@@]34CCCN3C[C@H](F)C4)nc3c(F)c(-c4ccc(F)c5sc(N)c(C#N)c45)c(C(F)(F)F)cc23)[C@H]1C. The number of carbonyl (C=O) groups is 1. The summed E-state index contributed by atoms with van der Waals surface area (Å²) in [5.41, 5.74) is 1.86. The molecule has 0 saturated carbocycles. The minimum Gasteiger partial charge on any atom is -0.461 e. The van der Waals surface area contributed by atoms with Gasteiger partial charge in [-0.15, -0.1) is 11.3 Å². The summed E-state index contributed by atoms with van der Waals surface area (Å²) in [6.07, 6.45) is -3.99. The Morgan fingerprint density at radius 2 is 2.02 bits per heavy atom. The second-order valence-electron chi connectivity index (χ2n) is 13.4. The third kappa shape index (κ3) is 5.36. The average Bonchev–Trinajstić information content (AvgIpc) is 3.80. The molecule has 3 aliphatic rings. The van der Waals surface area contributed by atoms with Gasteiger partial charge in [-0.25, -0.2) is 13.2 Å². The van der Waals surface area contributed by atoms with Gasteiger partial charge < -0.3 is 20.3 Å². The third-order valence-corrected chi connectivity index (χ3v) is 11.6. The van der Waals surface area contributed by atoms with Gasteiger partial charge in [0.05, 0.1) is 27.4 Å². The van der Waals surface area contributed by atoms with Gasteiger partial charge in [0.1, 0.15) is 41.0 Å². The van der Waals surface area contributed by atoms with Crippen LogP contribution in [0.3, 0.4) is 0 Å². The van der Waals surface area contributed by atoms with Gasteiger partial charge in [-0.3, -0.25) is 9.69 Å². The van der Waals surface area contributed by atoms with Crippen LogP contribution >= 0.6 is 11.3 Å². The van der Waals surface area contributed by atoms with E-state index in [0.717, 1.165) is 24.6 Å². The maximum Gasteiger partial charge on any atom is 0.417 e. The lowest BCUT2D eigenvalue weighted by Gasteiger charge is -2.33. The fourth-order valence-corrected chi connectivity index (χ4v) is 9.16. The number of fused-ring (bicyclic) bond motifs is 3. The molecule has 4 aromatic rings. The molecule has 7 rings (SSSR count). The van der Waals surface area contributed by atoms with Crippen LogP contribution in [0.2, 0.25) is 0 Å². The highest BCUT2D eigenvalue weighted by Gasteiger charge is 2.49.